The molecule has 136 valence electrons. The van der Waals surface area contributed by atoms with Gasteiger partial charge in [0, 0.05) is 13.2 Å². The molecule has 0 bridgehead atoms. The van der Waals surface area contributed by atoms with Crippen LogP contribution in [0.4, 0.5) is 5.69 Å². The fourth-order valence-corrected chi connectivity index (χ4v) is 3.08. The van der Waals surface area contributed by atoms with Crippen LogP contribution < -0.4 is 15.4 Å². The highest BCUT2D eigenvalue weighted by Gasteiger charge is 2.48. The third-order valence-corrected chi connectivity index (χ3v) is 4.50. The molecule has 0 radical (unpaired) electrons. The fraction of sp³-hybridized carbons (Fsp3) is 0.579. The number of para-hydroxylation sites is 2. The van der Waals surface area contributed by atoms with Gasteiger partial charge in [-0.05, 0) is 45.2 Å². The summed E-state index contributed by atoms with van der Waals surface area (Å²) >= 11 is 0. The van der Waals surface area contributed by atoms with Crippen molar-refractivity contribution in [3.63, 3.8) is 0 Å². The minimum Gasteiger partial charge on any atom is -0.489 e. The Morgan fingerprint density at radius 1 is 1.24 bits per heavy atom. The van der Waals surface area contributed by atoms with Gasteiger partial charge in [0.05, 0.1) is 29.7 Å². The van der Waals surface area contributed by atoms with Crippen LogP contribution in [0.25, 0.3) is 0 Å². The normalized spacial score (nSPS) is 24.8. The molecule has 0 aromatic heterocycles. The van der Waals surface area contributed by atoms with Crippen molar-refractivity contribution in [2.24, 2.45) is 11.8 Å². The summed E-state index contributed by atoms with van der Waals surface area (Å²) in [5, 5.41) is 5.80. The zero-order chi connectivity index (χ0) is 17.8. The second-order valence-corrected chi connectivity index (χ2v) is 6.98. The van der Waals surface area contributed by atoms with Crippen molar-refractivity contribution in [1.29, 1.82) is 0 Å². The highest BCUT2D eigenvalue weighted by Crippen LogP contribution is 2.40. The number of carbonyl (C=O) groups excluding carboxylic acids is 2. The topological polar surface area (TPSA) is 76.7 Å². The molecule has 2 amide bonds. The van der Waals surface area contributed by atoms with E-state index in [4.69, 9.17) is 9.47 Å². The van der Waals surface area contributed by atoms with Crippen LogP contribution in [-0.2, 0) is 14.3 Å². The van der Waals surface area contributed by atoms with Gasteiger partial charge < -0.3 is 20.1 Å². The molecule has 1 aliphatic heterocycles. The average Bonchev–Trinajstić information content (AvgIpc) is 3.22. The van der Waals surface area contributed by atoms with Crippen molar-refractivity contribution in [2.45, 2.75) is 45.3 Å². The van der Waals surface area contributed by atoms with E-state index in [1.807, 2.05) is 38.1 Å². The van der Waals surface area contributed by atoms with E-state index in [1.165, 1.54) is 0 Å². The average molecular weight is 346 g/mol. The van der Waals surface area contributed by atoms with Gasteiger partial charge in [0.2, 0.25) is 11.8 Å². The minimum absolute atomic E-state index is 0.0234. The smallest absolute Gasteiger partial charge is 0.228 e. The van der Waals surface area contributed by atoms with E-state index in [9.17, 15) is 9.59 Å². The molecule has 3 atom stereocenters. The minimum atomic E-state index is -0.267. The van der Waals surface area contributed by atoms with Crippen molar-refractivity contribution in [1.82, 2.24) is 5.32 Å². The molecule has 1 saturated heterocycles. The maximum Gasteiger partial charge on any atom is 0.228 e. The zero-order valence-electron chi connectivity index (χ0n) is 14.8. The van der Waals surface area contributed by atoms with Crippen LogP contribution in [0, 0.1) is 11.8 Å². The van der Waals surface area contributed by atoms with E-state index < -0.39 is 0 Å². The first-order valence-electron chi connectivity index (χ1n) is 9.00. The van der Waals surface area contributed by atoms with E-state index in [1.54, 1.807) is 0 Å². The van der Waals surface area contributed by atoms with Gasteiger partial charge in [-0.3, -0.25) is 9.59 Å². The second-order valence-electron chi connectivity index (χ2n) is 6.98. The molecule has 1 heterocycles. The summed E-state index contributed by atoms with van der Waals surface area (Å²) in [4.78, 5) is 24.6. The molecule has 1 aromatic rings. The quantitative estimate of drug-likeness (QED) is 0.794. The number of ether oxygens (including phenoxy) is 2. The van der Waals surface area contributed by atoms with Gasteiger partial charge in [0.25, 0.3) is 0 Å². The van der Waals surface area contributed by atoms with Crippen molar-refractivity contribution < 1.29 is 19.1 Å². The van der Waals surface area contributed by atoms with Crippen LogP contribution in [0.15, 0.2) is 24.3 Å². The lowest BCUT2D eigenvalue weighted by Gasteiger charge is -2.15. The van der Waals surface area contributed by atoms with Gasteiger partial charge in [-0.1, -0.05) is 12.1 Å². The number of nitrogens with one attached hydrogen (secondary N) is 2. The van der Waals surface area contributed by atoms with Gasteiger partial charge in [-0.25, -0.2) is 0 Å². The standard InChI is InChI=1S/C19H26N2O4/c1-12(2)25-17-8-4-3-7-16(17)21-19(23)15-10-14(15)18(22)20-11-13-6-5-9-24-13/h3-4,7-8,12-15H,5-6,9-11H2,1-2H3,(H,20,22)(H,21,23). The Kier molecular flexibility index (Phi) is 5.58. The van der Waals surface area contributed by atoms with Crippen LogP contribution in [-0.4, -0.2) is 37.2 Å². The van der Waals surface area contributed by atoms with E-state index in [0.717, 1.165) is 19.4 Å². The van der Waals surface area contributed by atoms with E-state index >= 15 is 0 Å². The highest BCUT2D eigenvalue weighted by atomic mass is 16.5. The maximum absolute atomic E-state index is 12.4. The lowest BCUT2D eigenvalue weighted by atomic mass is 10.2. The fourth-order valence-electron chi connectivity index (χ4n) is 3.08. The van der Waals surface area contributed by atoms with Gasteiger partial charge in [-0.2, -0.15) is 0 Å². The Bertz CT molecular complexity index is 626. The van der Waals surface area contributed by atoms with Crippen molar-refractivity contribution in [2.75, 3.05) is 18.5 Å². The second kappa shape index (κ2) is 7.87. The summed E-state index contributed by atoms with van der Waals surface area (Å²) in [6.45, 7) is 5.18. The Balaban J connectivity index is 1.49. The first-order valence-corrected chi connectivity index (χ1v) is 9.00. The number of anilines is 1. The Hall–Kier alpha value is -2.08. The number of amides is 2. The molecule has 1 aromatic carbocycles. The monoisotopic (exact) mass is 346 g/mol. The maximum atomic E-state index is 12.4. The SMILES string of the molecule is CC(C)Oc1ccccc1NC(=O)C1CC1C(=O)NCC1CCCO1. The lowest BCUT2D eigenvalue weighted by molar-refractivity contribution is -0.125. The summed E-state index contributed by atoms with van der Waals surface area (Å²) in [7, 11) is 0. The summed E-state index contributed by atoms with van der Waals surface area (Å²) < 4.78 is 11.2. The number of hydrogen-bond acceptors (Lipinski definition) is 4. The molecular formula is C19H26N2O4. The molecule has 6 nitrogen and oxygen atoms in total. The summed E-state index contributed by atoms with van der Waals surface area (Å²) in [6, 6.07) is 7.35. The number of carbonyl (C=O) groups is 2. The first-order chi connectivity index (χ1) is 12.0. The number of hydrogen-bond donors (Lipinski definition) is 2. The van der Waals surface area contributed by atoms with Crippen molar-refractivity contribution in [3.8, 4) is 5.75 Å². The molecular weight excluding hydrogens is 320 g/mol. The van der Waals surface area contributed by atoms with Gasteiger partial charge in [0.15, 0.2) is 0 Å². The molecule has 3 unspecified atom stereocenters. The Labute approximate surface area is 148 Å². The van der Waals surface area contributed by atoms with Crippen molar-refractivity contribution in [3.05, 3.63) is 24.3 Å². The third-order valence-electron chi connectivity index (χ3n) is 4.50. The van der Waals surface area contributed by atoms with Crippen molar-refractivity contribution >= 4 is 17.5 Å². The van der Waals surface area contributed by atoms with Crippen LogP contribution >= 0.6 is 0 Å². The van der Waals surface area contributed by atoms with Gasteiger partial charge >= 0.3 is 0 Å². The zero-order valence-corrected chi connectivity index (χ0v) is 14.8. The predicted molar refractivity (Wildman–Crippen MR) is 94.4 cm³/mol. The van der Waals surface area contributed by atoms with Crippen LogP contribution in [0.5, 0.6) is 5.75 Å². The van der Waals surface area contributed by atoms with E-state index in [-0.39, 0.29) is 35.9 Å². The molecule has 6 heteroatoms. The molecule has 2 N–H and O–H groups in total. The summed E-state index contributed by atoms with van der Waals surface area (Å²) in [5.74, 6) is -0.0403. The molecule has 0 spiro atoms. The molecule has 2 fully saturated rings. The molecule has 3 rings (SSSR count). The van der Waals surface area contributed by atoms with Gasteiger partial charge in [0.1, 0.15) is 5.75 Å². The summed E-state index contributed by atoms with van der Waals surface area (Å²) in [6.07, 6.45) is 2.77. The lowest BCUT2D eigenvalue weighted by Crippen LogP contribution is -2.33. The van der Waals surface area contributed by atoms with Crippen LogP contribution in [0.2, 0.25) is 0 Å². The van der Waals surface area contributed by atoms with E-state index in [2.05, 4.69) is 10.6 Å². The Morgan fingerprint density at radius 2 is 2.00 bits per heavy atom. The Morgan fingerprint density at radius 3 is 2.72 bits per heavy atom. The highest BCUT2D eigenvalue weighted by molar-refractivity contribution is 6.00. The van der Waals surface area contributed by atoms with Crippen LogP contribution in [0.1, 0.15) is 33.1 Å². The molecule has 1 aliphatic carbocycles. The van der Waals surface area contributed by atoms with Crippen LogP contribution in [0.3, 0.4) is 0 Å². The number of benzene rings is 1. The first kappa shape index (κ1) is 17.7. The molecule has 2 aliphatic rings. The summed E-state index contributed by atoms with van der Waals surface area (Å²) in [5.41, 5.74) is 0.645. The third kappa shape index (κ3) is 4.72. The predicted octanol–water partition coefficient (Wildman–Crippen LogP) is 2.34. The molecule has 25 heavy (non-hydrogen) atoms. The molecule has 1 saturated carbocycles. The van der Waals surface area contributed by atoms with Gasteiger partial charge in [-0.15, -0.1) is 0 Å². The van der Waals surface area contributed by atoms with E-state index in [0.29, 0.717) is 24.4 Å². The number of rotatable bonds is 7. The largest absolute Gasteiger partial charge is 0.489 e.